The minimum Gasteiger partial charge on any atom is -0.497 e. The van der Waals surface area contributed by atoms with Crippen molar-refractivity contribution >= 4 is 69.7 Å². The number of hydrogen-bond acceptors (Lipinski definition) is 10. The molecule has 4 aromatic rings. The van der Waals surface area contributed by atoms with Gasteiger partial charge in [-0.3, -0.25) is 19.7 Å². The van der Waals surface area contributed by atoms with E-state index in [4.69, 9.17) is 9.47 Å². The number of aromatic nitrogens is 2. The van der Waals surface area contributed by atoms with Gasteiger partial charge in [0, 0.05) is 39.3 Å². The van der Waals surface area contributed by atoms with Crippen LogP contribution in [-0.2, 0) is 9.59 Å². The number of rotatable bonds is 13. The second-order valence-electron chi connectivity index (χ2n) is 8.62. The van der Waals surface area contributed by atoms with Gasteiger partial charge in [-0.25, -0.2) is 0 Å². The van der Waals surface area contributed by atoms with E-state index in [1.165, 1.54) is 36.7 Å². The molecular weight excluding hydrogens is 607 g/mol. The van der Waals surface area contributed by atoms with Gasteiger partial charge in [-0.1, -0.05) is 43.0 Å². The van der Waals surface area contributed by atoms with E-state index >= 15 is 0 Å². The van der Waals surface area contributed by atoms with Crippen LogP contribution in [0.1, 0.15) is 22.8 Å². The Bertz CT molecular complexity index is 1610. The number of anilines is 2. The van der Waals surface area contributed by atoms with Crippen molar-refractivity contribution < 1.29 is 23.9 Å². The van der Waals surface area contributed by atoms with E-state index in [1.807, 2.05) is 13.0 Å². The maximum Gasteiger partial charge on any atom is 0.272 e. The molecule has 0 aliphatic rings. The van der Waals surface area contributed by atoms with Crippen molar-refractivity contribution in [3.05, 3.63) is 89.6 Å². The van der Waals surface area contributed by atoms with Crippen LogP contribution in [0.5, 0.6) is 11.5 Å². The summed E-state index contributed by atoms with van der Waals surface area (Å²) >= 11 is 3.95. The second kappa shape index (κ2) is 15.8. The number of ether oxygens (including phenoxy) is 2. The molecule has 4 rings (SSSR count). The molecule has 0 unspecified atom stereocenters. The summed E-state index contributed by atoms with van der Waals surface area (Å²) in [6.07, 6.45) is 1.54. The fraction of sp³-hybridized carbons (Fsp3) is 0.167. The fourth-order valence-corrected chi connectivity index (χ4v) is 5.69. The molecule has 0 bridgehead atoms. The summed E-state index contributed by atoms with van der Waals surface area (Å²) in [5.74, 6) is 0.830. The molecule has 43 heavy (non-hydrogen) atoms. The predicted octanol–water partition coefficient (Wildman–Crippen LogP) is 5.81. The van der Waals surface area contributed by atoms with Gasteiger partial charge < -0.3 is 20.1 Å². The lowest BCUT2D eigenvalue weighted by Gasteiger charge is -2.13. The number of hydrogen-bond donors (Lipinski definition) is 3. The van der Waals surface area contributed by atoms with Gasteiger partial charge in [0.2, 0.25) is 16.2 Å². The van der Waals surface area contributed by atoms with E-state index in [2.05, 4.69) is 25.3 Å². The highest BCUT2D eigenvalue weighted by atomic mass is 32.2. The van der Waals surface area contributed by atoms with Crippen molar-refractivity contribution in [2.24, 2.45) is 0 Å². The van der Waals surface area contributed by atoms with Gasteiger partial charge in [-0.15, -0.1) is 11.8 Å². The van der Waals surface area contributed by atoms with Crippen molar-refractivity contribution in [3.63, 3.8) is 0 Å². The highest BCUT2D eigenvalue weighted by Crippen LogP contribution is 2.27. The van der Waals surface area contributed by atoms with Gasteiger partial charge in [-0.2, -0.15) is 9.36 Å². The lowest BCUT2D eigenvalue weighted by atomic mass is 10.1. The van der Waals surface area contributed by atoms with E-state index in [0.717, 1.165) is 22.2 Å². The third kappa shape index (κ3) is 9.33. The van der Waals surface area contributed by atoms with Crippen LogP contribution in [-0.4, -0.2) is 52.8 Å². The van der Waals surface area contributed by atoms with Crippen LogP contribution in [0.25, 0.3) is 6.08 Å². The first kappa shape index (κ1) is 31.6. The number of nitrogens with zero attached hydrogens (tertiary/aromatic N) is 2. The number of methoxy groups -OCH3 is 2. The molecule has 1 aromatic heterocycles. The average molecular weight is 636 g/mol. The second-order valence-corrected chi connectivity index (χ2v) is 11.7. The Kier molecular flexibility index (Phi) is 11.6. The summed E-state index contributed by atoms with van der Waals surface area (Å²) in [6.45, 7) is 2.01. The molecule has 3 amide bonds. The summed E-state index contributed by atoms with van der Waals surface area (Å²) in [4.78, 5) is 44.0. The molecular formula is C30H29N5O5S3. The fourth-order valence-electron chi connectivity index (χ4n) is 3.65. The summed E-state index contributed by atoms with van der Waals surface area (Å²) < 4.78 is 14.9. The van der Waals surface area contributed by atoms with Gasteiger partial charge in [0.15, 0.2) is 0 Å². The largest absolute Gasteiger partial charge is 0.497 e. The van der Waals surface area contributed by atoms with Crippen LogP contribution in [0.3, 0.4) is 0 Å². The molecule has 3 N–H and O–H groups in total. The smallest absolute Gasteiger partial charge is 0.272 e. The van der Waals surface area contributed by atoms with Gasteiger partial charge >= 0.3 is 0 Å². The minimum atomic E-state index is -0.543. The SMILES string of the molecule is CCSc1nsc(NC(=O)CSc2cccc(NC(=O)/C(=C\c3ccc(OC)cc3OC)NC(=O)c3ccccc3)c2)n1. The summed E-state index contributed by atoms with van der Waals surface area (Å²) in [5.41, 5.74) is 1.45. The van der Waals surface area contributed by atoms with Crippen molar-refractivity contribution in [2.75, 3.05) is 36.4 Å². The lowest BCUT2D eigenvalue weighted by Crippen LogP contribution is -2.30. The Labute approximate surface area is 261 Å². The Morgan fingerprint density at radius 2 is 1.74 bits per heavy atom. The third-order valence-corrected chi connectivity index (χ3v) is 8.13. The van der Waals surface area contributed by atoms with Crippen LogP contribution >= 0.6 is 35.1 Å². The summed E-state index contributed by atoms with van der Waals surface area (Å²) in [5, 5.41) is 9.41. The van der Waals surface area contributed by atoms with E-state index < -0.39 is 11.8 Å². The maximum absolute atomic E-state index is 13.5. The van der Waals surface area contributed by atoms with Crippen molar-refractivity contribution in [1.29, 1.82) is 0 Å². The molecule has 1 heterocycles. The molecule has 0 spiro atoms. The number of benzene rings is 3. The Balaban J connectivity index is 1.48. The molecule has 0 saturated carbocycles. The van der Waals surface area contributed by atoms with Crippen LogP contribution < -0.4 is 25.4 Å². The molecule has 0 aliphatic heterocycles. The molecule has 0 atom stereocenters. The zero-order chi connectivity index (χ0) is 30.6. The van der Waals surface area contributed by atoms with E-state index in [-0.39, 0.29) is 17.4 Å². The molecule has 222 valence electrons. The molecule has 10 nitrogen and oxygen atoms in total. The van der Waals surface area contributed by atoms with Crippen LogP contribution in [0.15, 0.2) is 88.5 Å². The van der Waals surface area contributed by atoms with Gasteiger partial charge in [0.05, 0.1) is 20.0 Å². The highest BCUT2D eigenvalue weighted by Gasteiger charge is 2.17. The van der Waals surface area contributed by atoms with Crippen LogP contribution in [0.4, 0.5) is 10.8 Å². The third-order valence-electron chi connectivity index (χ3n) is 5.66. The number of carbonyl (C=O) groups excluding carboxylic acids is 3. The molecule has 3 aromatic carbocycles. The molecule has 0 fully saturated rings. The van der Waals surface area contributed by atoms with Gasteiger partial charge in [0.1, 0.15) is 17.2 Å². The Hall–Kier alpha value is -4.33. The molecule has 0 saturated heterocycles. The van der Waals surface area contributed by atoms with Gasteiger partial charge in [0.25, 0.3) is 11.8 Å². The van der Waals surface area contributed by atoms with Crippen LogP contribution in [0, 0.1) is 0 Å². The quantitative estimate of drug-likeness (QED) is 0.123. The number of nitrogens with one attached hydrogen (secondary N) is 3. The van der Waals surface area contributed by atoms with Crippen molar-refractivity contribution in [3.8, 4) is 11.5 Å². The first-order chi connectivity index (χ1) is 20.9. The van der Waals surface area contributed by atoms with E-state index in [9.17, 15) is 14.4 Å². The average Bonchev–Trinajstić information content (AvgIpc) is 3.47. The van der Waals surface area contributed by atoms with E-state index in [0.29, 0.717) is 38.6 Å². The Morgan fingerprint density at radius 1 is 0.930 bits per heavy atom. The normalized spacial score (nSPS) is 11.0. The predicted molar refractivity (Wildman–Crippen MR) is 172 cm³/mol. The highest BCUT2D eigenvalue weighted by molar-refractivity contribution is 8.00. The number of carbonyl (C=O) groups is 3. The molecule has 0 radical (unpaired) electrons. The zero-order valence-electron chi connectivity index (χ0n) is 23.6. The monoisotopic (exact) mass is 635 g/mol. The minimum absolute atomic E-state index is 0.00687. The van der Waals surface area contributed by atoms with Crippen molar-refractivity contribution in [1.82, 2.24) is 14.7 Å². The van der Waals surface area contributed by atoms with Gasteiger partial charge in [-0.05, 0) is 54.3 Å². The standard InChI is InChI=1S/C30H29N5O5S3/c1-4-41-30-34-29(43-35-30)33-26(36)18-42-23-12-8-11-21(16-23)31-28(38)24(32-27(37)19-9-6-5-7-10-19)15-20-13-14-22(39-2)17-25(20)40-3/h5-17H,4,18H2,1-3H3,(H,31,38)(H,32,37)(H,33,34,35,36)/b24-15+. The lowest BCUT2D eigenvalue weighted by molar-refractivity contribution is -0.114. The van der Waals surface area contributed by atoms with E-state index in [1.54, 1.807) is 73.8 Å². The first-order valence-corrected chi connectivity index (χ1v) is 15.7. The molecule has 0 aliphatic carbocycles. The Morgan fingerprint density at radius 3 is 2.49 bits per heavy atom. The summed E-state index contributed by atoms with van der Waals surface area (Å²) in [6, 6.07) is 20.8. The zero-order valence-corrected chi connectivity index (χ0v) is 26.0. The maximum atomic E-state index is 13.5. The number of thioether (sulfide) groups is 2. The molecule has 13 heteroatoms. The summed E-state index contributed by atoms with van der Waals surface area (Å²) in [7, 11) is 3.05. The van der Waals surface area contributed by atoms with Crippen LogP contribution in [0.2, 0.25) is 0 Å². The van der Waals surface area contributed by atoms with Crippen molar-refractivity contribution in [2.45, 2.75) is 17.0 Å². The topological polar surface area (TPSA) is 132 Å². The first-order valence-electron chi connectivity index (χ1n) is 13.0. The number of amides is 3.